The first-order valence-electron chi connectivity index (χ1n) is 6.28. The zero-order valence-corrected chi connectivity index (χ0v) is 10.6. The molecule has 3 rings (SSSR count). The first-order valence-corrected chi connectivity index (χ1v) is 6.28. The smallest absolute Gasteiger partial charge is 0.181 e. The third-order valence-corrected chi connectivity index (χ3v) is 3.39. The van der Waals surface area contributed by atoms with E-state index < -0.39 is 23.3 Å². The van der Waals surface area contributed by atoms with E-state index in [0.717, 1.165) is 0 Å². The summed E-state index contributed by atoms with van der Waals surface area (Å²) in [6.07, 6.45) is 1.58. The Balaban J connectivity index is 1.88. The third kappa shape index (κ3) is 1.95. The lowest BCUT2D eigenvalue weighted by Gasteiger charge is -2.05. The fourth-order valence-corrected chi connectivity index (χ4v) is 2.42. The van der Waals surface area contributed by atoms with Gasteiger partial charge in [-0.1, -0.05) is 30.3 Å². The van der Waals surface area contributed by atoms with Crippen LogP contribution in [0.1, 0.15) is 26.4 Å². The number of nitrogens with zero attached hydrogens (tertiary/aromatic N) is 1. The van der Waals surface area contributed by atoms with Gasteiger partial charge in [-0.2, -0.15) is 0 Å². The average molecular weight is 265 g/mol. The lowest BCUT2D eigenvalue weighted by atomic mass is 9.95. The van der Waals surface area contributed by atoms with Crippen molar-refractivity contribution in [2.45, 2.75) is 6.42 Å². The number of hydrogen-bond donors (Lipinski definition) is 0. The molecular formula is C16H11NO3. The minimum atomic E-state index is -1.20. The molecule has 0 amide bonds. The van der Waals surface area contributed by atoms with Gasteiger partial charge >= 0.3 is 0 Å². The molecule has 0 saturated carbocycles. The topological polar surface area (TPSA) is 64.1 Å². The van der Waals surface area contributed by atoms with Crippen molar-refractivity contribution in [3.63, 3.8) is 0 Å². The highest BCUT2D eigenvalue weighted by Gasteiger charge is 2.42. The molecule has 1 aliphatic carbocycles. The Hall–Kier alpha value is -2.62. The quantitative estimate of drug-likeness (QED) is 0.795. The van der Waals surface area contributed by atoms with Gasteiger partial charge in [-0.3, -0.25) is 19.4 Å². The summed E-state index contributed by atoms with van der Waals surface area (Å²) in [4.78, 5) is 40.6. The molecule has 0 radical (unpaired) electrons. The van der Waals surface area contributed by atoms with Crippen LogP contribution < -0.4 is 0 Å². The predicted molar refractivity (Wildman–Crippen MR) is 71.5 cm³/mol. The first-order chi connectivity index (χ1) is 9.68. The molecule has 2 aromatic rings. The lowest BCUT2D eigenvalue weighted by molar-refractivity contribution is -0.119. The van der Waals surface area contributed by atoms with Gasteiger partial charge in [0.1, 0.15) is 5.92 Å². The van der Waals surface area contributed by atoms with Crippen molar-refractivity contribution in [2.24, 2.45) is 5.92 Å². The van der Waals surface area contributed by atoms with E-state index in [9.17, 15) is 14.4 Å². The summed E-state index contributed by atoms with van der Waals surface area (Å²) in [5.41, 5.74) is 1.25. The number of fused-ring (bicyclic) bond motifs is 1. The molecule has 0 N–H and O–H groups in total. The Kier molecular flexibility index (Phi) is 2.99. The second-order valence-corrected chi connectivity index (χ2v) is 4.67. The molecule has 4 heteroatoms. The van der Waals surface area contributed by atoms with Crippen LogP contribution in [0.25, 0.3) is 0 Å². The number of benzene rings is 1. The van der Waals surface area contributed by atoms with E-state index in [-0.39, 0.29) is 6.42 Å². The highest BCUT2D eigenvalue weighted by molar-refractivity contribution is 6.35. The van der Waals surface area contributed by atoms with Crippen LogP contribution in [0.4, 0.5) is 0 Å². The molecule has 20 heavy (non-hydrogen) atoms. The molecule has 0 atom stereocenters. The van der Waals surface area contributed by atoms with Crippen LogP contribution in [-0.2, 0) is 11.2 Å². The molecular weight excluding hydrogens is 254 g/mol. The summed E-state index contributed by atoms with van der Waals surface area (Å²) in [5, 5.41) is 0. The van der Waals surface area contributed by atoms with Crippen LogP contribution in [0.3, 0.4) is 0 Å². The van der Waals surface area contributed by atoms with Crippen molar-refractivity contribution in [2.75, 3.05) is 0 Å². The van der Waals surface area contributed by atoms with E-state index in [4.69, 9.17) is 0 Å². The molecule has 1 aliphatic rings. The van der Waals surface area contributed by atoms with Crippen molar-refractivity contribution in [3.8, 4) is 0 Å². The lowest BCUT2D eigenvalue weighted by Crippen LogP contribution is -2.27. The molecule has 0 spiro atoms. The summed E-state index contributed by atoms with van der Waals surface area (Å²) < 4.78 is 0. The van der Waals surface area contributed by atoms with Crippen LogP contribution in [0.15, 0.2) is 48.7 Å². The summed E-state index contributed by atoms with van der Waals surface area (Å²) in [7, 11) is 0. The fraction of sp³-hybridized carbons (Fsp3) is 0.125. The predicted octanol–water partition coefficient (Wildman–Crippen LogP) is 1.89. The van der Waals surface area contributed by atoms with Gasteiger partial charge in [0.15, 0.2) is 17.3 Å². The molecule has 0 fully saturated rings. The fourth-order valence-electron chi connectivity index (χ4n) is 2.42. The van der Waals surface area contributed by atoms with Gasteiger partial charge < -0.3 is 0 Å². The van der Waals surface area contributed by atoms with Crippen molar-refractivity contribution in [3.05, 3.63) is 65.5 Å². The Morgan fingerprint density at radius 3 is 2.10 bits per heavy atom. The highest BCUT2D eigenvalue weighted by Crippen LogP contribution is 2.27. The Morgan fingerprint density at radius 1 is 0.950 bits per heavy atom. The number of carbonyl (C=O) groups is 3. The van der Waals surface area contributed by atoms with Gasteiger partial charge in [-0.15, -0.1) is 0 Å². The standard InChI is InChI=1S/C16H11NO3/c18-13(9-10-5-3-4-8-17-10)14-15(19)11-6-1-2-7-12(11)16(14)20/h1-8,14H,9H2. The van der Waals surface area contributed by atoms with Crippen molar-refractivity contribution in [1.82, 2.24) is 4.98 Å². The SMILES string of the molecule is O=C(Cc1ccccn1)C1C(=O)c2ccccc2C1=O. The molecule has 1 aromatic carbocycles. The van der Waals surface area contributed by atoms with E-state index in [1.54, 1.807) is 48.7 Å². The molecule has 0 bridgehead atoms. The molecule has 1 heterocycles. The van der Waals surface area contributed by atoms with E-state index in [0.29, 0.717) is 16.8 Å². The zero-order chi connectivity index (χ0) is 14.1. The maximum Gasteiger partial charge on any atom is 0.181 e. The normalized spacial score (nSPS) is 14.4. The number of Topliss-reactive ketones (excluding diaryl/α,β-unsaturated/α-hetero) is 3. The van der Waals surface area contributed by atoms with Crippen LogP contribution in [0.5, 0.6) is 0 Å². The summed E-state index contributed by atoms with van der Waals surface area (Å²) in [5.74, 6) is -2.39. The van der Waals surface area contributed by atoms with Gasteiger partial charge in [0.2, 0.25) is 0 Å². The van der Waals surface area contributed by atoms with Crippen molar-refractivity contribution in [1.29, 1.82) is 0 Å². The Labute approximate surface area is 115 Å². The molecule has 0 aliphatic heterocycles. The van der Waals surface area contributed by atoms with E-state index in [1.165, 1.54) is 0 Å². The van der Waals surface area contributed by atoms with Crippen molar-refractivity contribution >= 4 is 17.3 Å². The zero-order valence-electron chi connectivity index (χ0n) is 10.6. The van der Waals surface area contributed by atoms with Crippen LogP contribution in [-0.4, -0.2) is 22.3 Å². The maximum atomic E-state index is 12.2. The minimum absolute atomic E-state index is 0.00300. The second-order valence-electron chi connectivity index (χ2n) is 4.67. The average Bonchev–Trinajstić information content (AvgIpc) is 2.72. The summed E-state index contributed by atoms with van der Waals surface area (Å²) in [6, 6.07) is 11.8. The van der Waals surface area contributed by atoms with Gasteiger partial charge in [0, 0.05) is 29.4 Å². The van der Waals surface area contributed by atoms with E-state index >= 15 is 0 Å². The molecule has 98 valence electrons. The van der Waals surface area contributed by atoms with Crippen LogP contribution in [0.2, 0.25) is 0 Å². The molecule has 0 saturated heterocycles. The number of rotatable bonds is 3. The minimum Gasteiger partial charge on any atom is -0.298 e. The Morgan fingerprint density at radius 2 is 1.55 bits per heavy atom. The van der Waals surface area contributed by atoms with Crippen LogP contribution >= 0.6 is 0 Å². The first kappa shape index (κ1) is 12.4. The van der Waals surface area contributed by atoms with E-state index in [2.05, 4.69) is 4.98 Å². The maximum absolute atomic E-state index is 12.2. The largest absolute Gasteiger partial charge is 0.298 e. The number of hydrogen-bond acceptors (Lipinski definition) is 4. The molecule has 1 aromatic heterocycles. The third-order valence-electron chi connectivity index (χ3n) is 3.39. The molecule has 4 nitrogen and oxygen atoms in total. The van der Waals surface area contributed by atoms with Gasteiger partial charge in [-0.25, -0.2) is 0 Å². The van der Waals surface area contributed by atoms with Crippen molar-refractivity contribution < 1.29 is 14.4 Å². The van der Waals surface area contributed by atoms with Gasteiger partial charge in [-0.05, 0) is 12.1 Å². The highest BCUT2D eigenvalue weighted by atomic mass is 16.2. The number of carbonyl (C=O) groups excluding carboxylic acids is 3. The van der Waals surface area contributed by atoms with Gasteiger partial charge in [0.25, 0.3) is 0 Å². The molecule has 0 unspecified atom stereocenters. The number of ketones is 3. The number of pyridine rings is 1. The van der Waals surface area contributed by atoms with Crippen LogP contribution in [0, 0.1) is 5.92 Å². The van der Waals surface area contributed by atoms with E-state index in [1.807, 2.05) is 0 Å². The number of aromatic nitrogens is 1. The second kappa shape index (κ2) is 4.81. The Bertz CT molecular complexity index is 672. The monoisotopic (exact) mass is 265 g/mol. The summed E-state index contributed by atoms with van der Waals surface area (Å²) >= 11 is 0. The van der Waals surface area contributed by atoms with Gasteiger partial charge in [0.05, 0.1) is 0 Å². The summed E-state index contributed by atoms with van der Waals surface area (Å²) in [6.45, 7) is 0.